The third kappa shape index (κ3) is 4.34. The van der Waals surface area contributed by atoms with E-state index in [1.165, 1.54) is 6.20 Å². The zero-order valence-electron chi connectivity index (χ0n) is 16.0. The van der Waals surface area contributed by atoms with Crippen molar-refractivity contribution in [2.45, 2.75) is 32.7 Å². The molecular formula is C17H29N5O4S. The third-order valence-electron chi connectivity index (χ3n) is 5.80. The minimum Gasteiger partial charge on any atom is -0.478 e. The molecule has 2 aliphatic rings. The van der Waals surface area contributed by atoms with Crippen molar-refractivity contribution in [2.75, 3.05) is 39.3 Å². The topological polar surface area (TPSA) is 99.0 Å². The van der Waals surface area contributed by atoms with Gasteiger partial charge < -0.3 is 5.11 Å². The average molecular weight is 400 g/mol. The Kier molecular flexibility index (Phi) is 6.19. The van der Waals surface area contributed by atoms with Crippen LogP contribution in [0.2, 0.25) is 0 Å². The summed E-state index contributed by atoms with van der Waals surface area (Å²) in [6, 6.07) is 0. The largest absolute Gasteiger partial charge is 0.478 e. The molecular weight excluding hydrogens is 370 g/mol. The lowest BCUT2D eigenvalue weighted by atomic mass is 9.96. The van der Waals surface area contributed by atoms with Crippen LogP contribution in [0.4, 0.5) is 0 Å². The van der Waals surface area contributed by atoms with Crippen molar-refractivity contribution in [3.8, 4) is 0 Å². The first-order valence-corrected chi connectivity index (χ1v) is 10.9. The summed E-state index contributed by atoms with van der Waals surface area (Å²) in [4.78, 5) is 13.4. The highest BCUT2D eigenvalue weighted by Gasteiger charge is 2.34. The molecule has 3 heterocycles. The molecule has 1 aromatic rings. The molecule has 2 saturated heterocycles. The summed E-state index contributed by atoms with van der Waals surface area (Å²) in [6.45, 7) is 5.84. The third-order valence-corrected chi connectivity index (χ3v) is 7.84. The summed E-state index contributed by atoms with van der Waals surface area (Å²) in [5, 5.41) is 13.3. The summed E-state index contributed by atoms with van der Waals surface area (Å²) in [5.74, 6) is -0.356. The first-order chi connectivity index (χ1) is 12.8. The van der Waals surface area contributed by atoms with Gasteiger partial charge in [-0.3, -0.25) is 9.58 Å². The maximum absolute atomic E-state index is 12.9. The molecule has 9 nitrogen and oxygen atoms in total. The van der Waals surface area contributed by atoms with Crippen LogP contribution in [0.25, 0.3) is 0 Å². The van der Waals surface area contributed by atoms with Gasteiger partial charge in [0, 0.05) is 52.9 Å². The standard InChI is InChI=1S/C17H29N5O4S/c1-3-14-4-6-21(7-5-14)27(25,26)22-10-8-20(9-11-22)13-16-15(17(23)24)12-18-19(16)2/h12,14H,3-11,13H2,1-2H3,(H,23,24). The molecule has 1 N–H and O–H groups in total. The van der Waals surface area contributed by atoms with Crippen LogP contribution >= 0.6 is 0 Å². The van der Waals surface area contributed by atoms with Crippen LogP contribution in [-0.2, 0) is 23.8 Å². The fraction of sp³-hybridized carbons (Fsp3) is 0.765. The highest BCUT2D eigenvalue weighted by atomic mass is 32.2. The molecule has 27 heavy (non-hydrogen) atoms. The van der Waals surface area contributed by atoms with Crippen LogP contribution in [0.1, 0.15) is 42.2 Å². The van der Waals surface area contributed by atoms with E-state index in [2.05, 4.69) is 16.9 Å². The van der Waals surface area contributed by atoms with E-state index < -0.39 is 16.2 Å². The molecule has 0 bridgehead atoms. The number of carboxylic acid groups (broad SMARTS) is 1. The van der Waals surface area contributed by atoms with Crippen LogP contribution in [0.5, 0.6) is 0 Å². The number of hydrogen-bond donors (Lipinski definition) is 1. The molecule has 0 aromatic carbocycles. The molecule has 0 radical (unpaired) electrons. The van der Waals surface area contributed by atoms with Crippen molar-refractivity contribution in [3.63, 3.8) is 0 Å². The lowest BCUT2D eigenvalue weighted by molar-refractivity contribution is 0.0693. The molecule has 0 spiro atoms. The molecule has 0 saturated carbocycles. The normalized spacial score (nSPS) is 21.6. The lowest BCUT2D eigenvalue weighted by Gasteiger charge is -2.38. The van der Waals surface area contributed by atoms with Gasteiger partial charge in [-0.05, 0) is 18.8 Å². The van der Waals surface area contributed by atoms with Gasteiger partial charge in [-0.25, -0.2) is 4.79 Å². The lowest BCUT2D eigenvalue weighted by Crippen LogP contribution is -2.54. The fourth-order valence-corrected chi connectivity index (χ4v) is 5.49. The van der Waals surface area contributed by atoms with Gasteiger partial charge in [-0.1, -0.05) is 13.3 Å². The first-order valence-electron chi connectivity index (χ1n) is 9.54. The number of piperazine rings is 1. The first kappa shape index (κ1) is 20.2. The molecule has 1 aromatic heterocycles. The molecule has 0 amide bonds. The molecule has 10 heteroatoms. The van der Waals surface area contributed by atoms with E-state index in [4.69, 9.17) is 0 Å². The van der Waals surface area contributed by atoms with E-state index in [-0.39, 0.29) is 5.56 Å². The van der Waals surface area contributed by atoms with E-state index in [0.29, 0.717) is 57.4 Å². The monoisotopic (exact) mass is 399 g/mol. The maximum Gasteiger partial charge on any atom is 0.339 e. The Bertz CT molecular complexity index is 762. The SMILES string of the molecule is CCC1CCN(S(=O)(=O)N2CCN(Cc3c(C(=O)O)cnn3C)CC2)CC1. The minimum atomic E-state index is -3.40. The van der Waals surface area contributed by atoms with Crippen molar-refractivity contribution in [1.29, 1.82) is 0 Å². The molecule has 0 unspecified atom stereocenters. The molecule has 152 valence electrons. The quantitative estimate of drug-likeness (QED) is 0.752. The fourth-order valence-electron chi connectivity index (χ4n) is 3.87. The van der Waals surface area contributed by atoms with Gasteiger partial charge >= 0.3 is 5.97 Å². The van der Waals surface area contributed by atoms with Crippen LogP contribution in [0, 0.1) is 5.92 Å². The van der Waals surface area contributed by atoms with Gasteiger partial charge in [0.1, 0.15) is 5.56 Å². The number of aromatic carboxylic acids is 1. The van der Waals surface area contributed by atoms with Crippen molar-refractivity contribution in [3.05, 3.63) is 17.5 Å². The Morgan fingerprint density at radius 1 is 1.15 bits per heavy atom. The van der Waals surface area contributed by atoms with Gasteiger partial charge in [-0.15, -0.1) is 0 Å². The Balaban J connectivity index is 1.57. The summed E-state index contributed by atoms with van der Waals surface area (Å²) in [7, 11) is -1.68. The maximum atomic E-state index is 12.9. The molecule has 0 aliphatic carbocycles. The Labute approximate surface area is 160 Å². The zero-order chi connectivity index (χ0) is 19.6. The Morgan fingerprint density at radius 2 is 1.74 bits per heavy atom. The van der Waals surface area contributed by atoms with Crippen molar-refractivity contribution in [2.24, 2.45) is 13.0 Å². The summed E-state index contributed by atoms with van der Waals surface area (Å²) >= 11 is 0. The van der Waals surface area contributed by atoms with Gasteiger partial charge in [-0.2, -0.15) is 22.1 Å². The molecule has 3 rings (SSSR count). The summed E-state index contributed by atoms with van der Waals surface area (Å²) < 4.78 is 30.6. The summed E-state index contributed by atoms with van der Waals surface area (Å²) in [6.07, 6.45) is 4.35. The number of piperidine rings is 1. The molecule has 0 atom stereocenters. The van der Waals surface area contributed by atoms with Gasteiger partial charge in [0.25, 0.3) is 10.2 Å². The van der Waals surface area contributed by atoms with E-state index in [1.54, 1.807) is 20.3 Å². The summed E-state index contributed by atoms with van der Waals surface area (Å²) in [5.41, 5.74) is 0.840. The minimum absolute atomic E-state index is 0.200. The number of carbonyl (C=O) groups is 1. The van der Waals surface area contributed by atoms with Crippen LogP contribution in [0.3, 0.4) is 0 Å². The predicted molar refractivity (Wildman–Crippen MR) is 101 cm³/mol. The number of aryl methyl sites for hydroxylation is 1. The molecule has 2 fully saturated rings. The van der Waals surface area contributed by atoms with Gasteiger partial charge in [0.15, 0.2) is 0 Å². The predicted octanol–water partition coefficient (Wildman–Crippen LogP) is 0.603. The molecule has 2 aliphatic heterocycles. The zero-order valence-corrected chi connectivity index (χ0v) is 16.9. The number of carboxylic acids is 1. The number of aromatic nitrogens is 2. The number of hydrogen-bond acceptors (Lipinski definition) is 5. The Hall–Kier alpha value is -1.49. The van der Waals surface area contributed by atoms with E-state index in [1.807, 2.05) is 0 Å². The Morgan fingerprint density at radius 3 is 2.30 bits per heavy atom. The number of nitrogens with zero attached hydrogens (tertiary/aromatic N) is 5. The van der Waals surface area contributed by atoms with E-state index in [0.717, 1.165) is 19.3 Å². The van der Waals surface area contributed by atoms with Gasteiger partial charge in [0.05, 0.1) is 11.9 Å². The smallest absolute Gasteiger partial charge is 0.339 e. The highest BCUT2D eigenvalue weighted by Crippen LogP contribution is 2.24. The average Bonchev–Trinajstić information content (AvgIpc) is 3.03. The second-order valence-electron chi connectivity index (χ2n) is 7.37. The highest BCUT2D eigenvalue weighted by molar-refractivity contribution is 7.86. The van der Waals surface area contributed by atoms with Crippen molar-refractivity contribution < 1.29 is 18.3 Å². The van der Waals surface area contributed by atoms with Crippen LogP contribution in [-0.4, -0.2) is 82.1 Å². The second kappa shape index (κ2) is 8.26. The van der Waals surface area contributed by atoms with Crippen LogP contribution < -0.4 is 0 Å². The van der Waals surface area contributed by atoms with E-state index in [9.17, 15) is 18.3 Å². The van der Waals surface area contributed by atoms with Crippen molar-refractivity contribution >= 4 is 16.2 Å². The van der Waals surface area contributed by atoms with E-state index >= 15 is 0 Å². The second-order valence-corrected chi connectivity index (χ2v) is 9.30. The van der Waals surface area contributed by atoms with Gasteiger partial charge in [0.2, 0.25) is 0 Å². The van der Waals surface area contributed by atoms with Crippen LogP contribution in [0.15, 0.2) is 6.20 Å². The van der Waals surface area contributed by atoms with Crippen molar-refractivity contribution in [1.82, 2.24) is 23.3 Å². The number of rotatable bonds is 6.